The van der Waals surface area contributed by atoms with E-state index in [1.807, 2.05) is 12.1 Å². The Labute approximate surface area is 337 Å². The molecule has 1 aliphatic carbocycles. The number of aromatic nitrogens is 3. The molecule has 4 heterocycles. The molecule has 3 aromatic rings. The van der Waals surface area contributed by atoms with E-state index in [1.54, 1.807) is 12.1 Å². The van der Waals surface area contributed by atoms with E-state index in [-0.39, 0.29) is 25.7 Å². The van der Waals surface area contributed by atoms with Crippen molar-refractivity contribution >= 4 is 29.8 Å². The molecule has 7 rings (SSSR count). The van der Waals surface area contributed by atoms with E-state index in [9.17, 15) is 24.0 Å². The number of benzene rings is 2. The summed E-state index contributed by atoms with van der Waals surface area (Å²) in [4.78, 5) is 62.3. The maximum Gasteiger partial charge on any atom is 0.310 e. The second-order valence-corrected chi connectivity index (χ2v) is 14.1. The van der Waals surface area contributed by atoms with E-state index in [0.29, 0.717) is 34.3 Å². The topological polar surface area (TPSA) is 227 Å². The third-order valence-corrected chi connectivity index (χ3v) is 10.4. The molecule has 3 aliphatic heterocycles. The molecule has 20 heteroatoms. The summed E-state index contributed by atoms with van der Waals surface area (Å²) in [5.74, 6) is -2.90. The minimum absolute atomic E-state index is 0.00977. The molecule has 9 atom stereocenters. The fourth-order valence-electron chi connectivity index (χ4n) is 8.10. The highest BCUT2D eigenvalue weighted by Crippen LogP contribution is 2.56. The number of hydrogen-bond donors (Lipinski definition) is 0. The zero-order valence-electron chi connectivity index (χ0n) is 33.2. The molecule has 0 spiro atoms. The monoisotopic (exact) mass is 825 g/mol. The molecular formula is C39H43N3O17. The predicted molar refractivity (Wildman–Crippen MR) is 193 cm³/mol. The summed E-state index contributed by atoms with van der Waals surface area (Å²) >= 11 is 0. The standard InChI is InChI=1S/C39H43N3O17/c1-17(43)51-15-30-35(56-18(2)44)36(57-19(3)45)37(58-20(4)46)38(59-30)42-12-22(40-41-42)13-52-33-24-11-27-26(54-16-55-27)10-23(24)31(32-25(33)14-53-39(32)47)21-8-28(48-5)34(50-7)29(9-21)49-6/h8-12,25,30-33,35-38H,13-16H2,1-7H3/t25-,30-,31+,32-,33+,35-,36+,37-,38-/m1/s1. The van der Waals surface area contributed by atoms with Gasteiger partial charge in [-0.05, 0) is 41.0 Å². The summed E-state index contributed by atoms with van der Waals surface area (Å²) in [6.45, 7) is 4.08. The first-order chi connectivity index (χ1) is 28.3. The van der Waals surface area contributed by atoms with Crippen LogP contribution in [0.4, 0.5) is 0 Å². The second kappa shape index (κ2) is 17.0. The number of cyclic esters (lactones) is 1. The first kappa shape index (κ1) is 41.0. The molecule has 0 saturated carbocycles. The lowest BCUT2D eigenvalue weighted by atomic mass is 9.66. The normalized spacial score (nSPS) is 26.4. The summed E-state index contributed by atoms with van der Waals surface area (Å²) in [5.41, 5.74) is 2.45. The lowest BCUT2D eigenvalue weighted by Gasteiger charge is -2.44. The van der Waals surface area contributed by atoms with E-state index in [1.165, 1.54) is 39.1 Å². The van der Waals surface area contributed by atoms with Crippen LogP contribution in [0.3, 0.4) is 0 Å². The van der Waals surface area contributed by atoms with Gasteiger partial charge < -0.3 is 56.8 Å². The summed E-state index contributed by atoms with van der Waals surface area (Å²) in [7, 11) is 4.53. The number of carbonyl (C=O) groups is 5. The van der Waals surface area contributed by atoms with Gasteiger partial charge in [0.1, 0.15) is 18.4 Å². The van der Waals surface area contributed by atoms with E-state index in [0.717, 1.165) is 31.9 Å². The Morgan fingerprint density at radius 1 is 0.780 bits per heavy atom. The van der Waals surface area contributed by atoms with Gasteiger partial charge in [-0.15, -0.1) is 5.10 Å². The van der Waals surface area contributed by atoms with Crippen molar-refractivity contribution in [2.75, 3.05) is 41.3 Å². The van der Waals surface area contributed by atoms with Crippen LogP contribution in [0.1, 0.15) is 68.3 Å². The fourth-order valence-corrected chi connectivity index (χ4v) is 8.10. The Morgan fingerprint density at radius 3 is 2.02 bits per heavy atom. The molecule has 4 aliphatic rings. The van der Waals surface area contributed by atoms with Gasteiger partial charge in [0, 0.05) is 39.5 Å². The van der Waals surface area contributed by atoms with Crippen LogP contribution in [-0.4, -0.2) is 111 Å². The van der Waals surface area contributed by atoms with Crippen molar-refractivity contribution in [2.45, 2.75) is 77.0 Å². The van der Waals surface area contributed by atoms with E-state index in [4.69, 9.17) is 56.8 Å². The SMILES string of the molecule is COc1cc([C@H]2c3cc4c(cc3[C@H](OCc3cn([C@@H]5O[C@H](COC(C)=O)[C@@H](OC(C)=O)[C@H](OC(C)=O)[C@H]5OC(C)=O)nn3)[C@@H]3COC(=O)[C@@H]23)OCO4)cc(OC)c1OC. The number of hydrogen-bond acceptors (Lipinski definition) is 19. The Kier molecular flexibility index (Phi) is 11.8. The lowest BCUT2D eigenvalue weighted by Crippen LogP contribution is -2.60. The third kappa shape index (κ3) is 8.14. The third-order valence-electron chi connectivity index (χ3n) is 10.4. The highest BCUT2D eigenvalue weighted by molar-refractivity contribution is 5.79. The largest absolute Gasteiger partial charge is 0.493 e. The fraction of sp³-hybridized carbons (Fsp3) is 0.513. The molecule has 0 unspecified atom stereocenters. The summed E-state index contributed by atoms with van der Waals surface area (Å²) < 4.78 is 70.0. The van der Waals surface area contributed by atoms with Crippen molar-refractivity contribution in [1.82, 2.24) is 15.0 Å². The van der Waals surface area contributed by atoms with Gasteiger partial charge in [-0.3, -0.25) is 24.0 Å². The minimum atomic E-state index is -1.41. The summed E-state index contributed by atoms with van der Waals surface area (Å²) in [5, 5.41) is 8.50. The first-order valence-corrected chi connectivity index (χ1v) is 18.5. The van der Waals surface area contributed by atoms with Crippen LogP contribution in [0.5, 0.6) is 28.7 Å². The average molecular weight is 826 g/mol. The van der Waals surface area contributed by atoms with Crippen LogP contribution in [0.25, 0.3) is 0 Å². The lowest BCUT2D eigenvalue weighted by molar-refractivity contribution is -0.270. The molecule has 1 aromatic heterocycles. The van der Waals surface area contributed by atoms with Crippen LogP contribution >= 0.6 is 0 Å². The molecule has 2 fully saturated rings. The molecule has 0 N–H and O–H groups in total. The van der Waals surface area contributed by atoms with Crippen molar-refractivity contribution in [1.29, 1.82) is 0 Å². The molecule has 20 nitrogen and oxygen atoms in total. The minimum Gasteiger partial charge on any atom is -0.493 e. The highest BCUT2D eigenvalue weighted by atomic mass is 16.7. The molecular weight excluding hydrogens is 782 g/mol. The van der Waals surface area contributed by atoms with Crippen LogP contribution < -0.4 is 23.7 Å². The molecule has 2 aromatic carbocycles. The number of fused-ring (bicyclic) bond motifs is 3. The van der Waals surface area contributed by atoms with Crippen molar-refractivity contribution in [3.63, 3.8) is 0 Å². The van der Waals surface area contributed by atoms with Gasteiger partial charge in [0.15, 0.2) is 47.5 Å². The van der Waals surface area contributed by atoms with Gasteiger partial charge in [-0.25, -0.2) is 4.68 Å². The van der Waals surface area contributed by atoms with E-state index >= 15 is 0 Å². The van der Waals surface area contributed by atoms with Gasteiger partial charge >= 0.3 is 29.8 Å². The number of ether oxygens (including phenoxy) is 12. The molecule has 0 amide bonds. The molecule has 2 saturated heterocycles. The zero-order valence-corrected chi connectivity index (χ0v) is 33.2. The Balaban J connectivity index is 1.22. The molecule has 0 bridgehead atoms. The predicted octanol–water partition coefficient (Wildman–Crippen LogP) is 2.48. The van der Waals surface area contributed by atoms with Crippen molar-refractivity contribution in [3.8, 4) is 28.7 Å². The van der Waals surface area contributed by atoms with Gasteiger partial charge in [-0.1, -0.05) is 5.21 Å². The van der Waals surface area contributed by atoms with Crippen LogP contribution in [-0.2, 0) is 63.7 Å². The number of nitrogens with zero attached hydrogens (tertiary/aromatic N) is 3. The average Bonchev–Trinajstić information content (AvgIpc) is 3.96. The first-order valence-electron chi connectivity index (χ1n) is 18.5. The maximum absolute atomic E-state index is 13.7. The Morgan fingerprint density at radius 2 is 1.41 bits per heavy atom. The summed E-state index contributed by atoms with van der Waals surface area (Å²) in [6.07, 6.45) is -5.94. The smallest absolute Gasteiger partial charge is 0.310 e. The van der Waals surface area contributed by atoms with E-state index < -0.39 is 91.0 Å². The highest BCUT2D eigenvalue weighted by Gasteiger charge is 2.55. The van der Waals surface area contributed by atoms with Crippen LogP contribution in [0, 0.1) is 11.8 Å². The number of rotatable bonds is 13. The second-order valence-electron chi connectivity index (χ2n) is 14.1. The van der Waals surface area contributed by atoms with Crippen molar-refractivity contribution < 1.29 is 80.8 Å². The van der Waals surface area contributed by atoms with Crippen molar-refractivity contribution in [3.05, 3.63) is 52.8 Å². The van der Waals surface area contributed by atoms with Gasteiger partial charge in [-0.2, -0.15) is 0 Å². The van der Waals surface area contributed by atoms with Gasteiger partial charge in [0.25, 0.3) is 0 Å². The van der Waals surface area contributed by atoms with Crippen LogP contribution in [0.2, 0.25) is 0 Å². The number of esters is 5. The zero-order chi connectivity index (χ0) is 42.1. The van der Waals surface area contributed by atoms with Crippen molar-refractivity contribution in [2.24, 2.45) is 11.8 Å². The summed E-state index contributed by atoms with van der Waals surface area (Å²) in [6, 6.07) is 7.28. The molecule has 59 heavy (non-hydrogen) atoms. The number of methoxy groups -OCH3 is 3. The van der Waals surface area contributed by atoms with Gasteiger partial charge in [0.2, 0.25) is 12.5 Å². The maximum atomic E-state index is 13.7. The van der Waals surface area contributed by atoms with Gasteiger partial charge in [0.05, 0.1) is 52.8 Å². The van der Waals surface area contributed by atoms with Crippen LogP contribution in [0.15, 0.2) is 30.5 Å². The Bertz CT molecular complexity index is 2100. The molecule has 0 radical (unpaired) electrons. The number of carbonyl (C=O) groups excluding carboxylic acids is 5. The van der Waals surface area contributed by atoms with E-state index in [2.05, 4.69) is 10.3 Å². The molecule has 316 valence electrons. The Hall–Kier alpha value is -6.15. The quantitative estimate of drug-likeness (QED) is 0.178.